The fourth-order valence-corrected chi connectivity index (χ4v) is 12.9. The van der Waals surface area contributed by atoms with E-state index in [9.17, 15) is 14.4 Å². The first-order chi connectivity index (χ1) is 10.3. The van der Waals surface area contributed by atoms with Crippen LogP contribution in [0.15, 0.2) is 0 Å². The molecule has 6 heteroatoms. The molecule has 22 heavy (non-hydrogen) atoms. The van der Waals surface area contributed by atoms with Crippen LogP contribution in [-0.4, -0.2) is 34.4 Å². The van der Waals surface area contributed by atoms with Crippen LogP contribution in [0, 0.1) is 0 Å². The van der Waals surface area contributed by atoms with E-state index in [0.29, 0.717) is 0 Å². The quantitative estimate of drug-likeness (QED) is 0.388. The third kappa shape index (κ3) is 7.88. The van der Waals surface area contributed by atoms with Gasteiger partial charge in [-0.05, 0) is 0 Å². The van der Waals surface area contributed by atoms with Gasteiger partial charge in [0.15, 0.2) is 0 Å². The van der Waals surface area contributed by atoms with E-state index in [1.165, 1.54) is 0 Å². The summed E-state index contributed by atoms with van der Waals surface area (Å²) in [6, 6.07) is 0. The third-order valence-electron chi connectivity index (χ3n) is 4.65. The van der Waals surface area contributed by atoms with Gasteiger partial charge in [-0.25, -0.2) is 0 Å². The summed E-state index contributed by atoms with van der Waals surface area (Å²) in [4.78, 5) is 19.3. The number of rotatable bonds is 14. The van der Waals surface area contributed by atoms with E-state index in [4.69, 9.17) is 4.31 Å². The topological polar surface area (TPSA) is 66.8 Å². The van der Waals surface area contributed by atoms with Crippen molar-refractivity contribution in [3.05, 3.63) is 0 Å². The van der Waals surface area contributed by atoms with E-state index in [0.717, 1.165) is 76.0 Å². The molecule has 0 amide bonds. The number of phosphoric acid groups is 1. The van der Waals surface area contributed by atoms with E-state index >= 15 is 0 Å². The molecule has 0 bridgehead atoms. The molecule has 0 spiro atoms. The fraction of sp³-hybridized carbons (Fsp3) is 1.00. The predicted octanol–water partition coefficient (Wildman–Crippen LogP) is 5.76. The summed E-state index contributed by atoms with van der Waals surface area (Å²) in [6.07, 6.45) is 11.8. The zero-order valence-corrected chi connectivity index (χ0v) is 16.9. The molecule has 0 rings (SSSR count). The second kappa shape index (κ2) is 10.4. The van der Waals surface area contributed by atoms with Gasteiger partial charge in [-0.15, -0.1) is 0 Å². The molecule has 0 saturated heterocycles. The molecule has 0 atom stereocenters. The van der Waals surface area contributed by atoms with Gasteiger partial charge in [0.2, 0.25) is 0 Å². The molecule has 0 aromatic carbocycles. The maximum atomic E-state index is 11.8. The molecule has 0 aromatic heterocycles. The molecular weight excluding hydrogens is 318 g/mol. The van der Waals surface area contributed by atoms with E-state index < -0.39 is 14.7 Å². The molecule has 4 nitrogen and oxygen atoms in total. The third-order valence-corrected chi connectivity index (χ3v) is 13.1. The zero-order chi connectivity index (χ0) is 17.1. The standard InChI is InChI=1S/C16H38O4P2/c1-5-9-13-22(14-10-6-2,15-11-7-3,16-12-8-4)20-21(17,18)19/h5-16H2,1-4H3,(H2,17,18,19). The van der Waals surface area contributed by atoms with Gasteiger partial charge in [-0.3, -0.25) is 0 Å². The Hall–Kier alpha value is 0.540. The molecule has 0 aliphatic heterocycles. The summed E-state index contributed by atoms with van der Waals surface area (Å²) in [7, 11) is -4.46. The molecule has 0 aromatic rings. The van der Waals surface area contributed by atoms with Gasteiger partial charge in [0.25, 0.3) is 0 Å². The Labute approximate surface area is 137 Å². The second-order valence-electron chi connectivity index (χ2n) is 6.74. The zero-order valence-electron chi connectivity index (χ0n) is 15.1. The van der Waals surface area contributed by atoms with Gasteiger partial charge in [0, 0.05) is 0 Å². The van der Waals surface area contributed by atoms with Gasteiger partial charge in [0.05, 0.1) is 0 Å². The molecule has 0 saturated carbocycles. The van der Waals surface area contributed by atoms with Crippen LogP contribution in [0.4, 0.5) is 0 Å². The first-order valence-electron chi connectivity index (χ1n) is 9.04. The van der Waals surface area contributed by atoms with Crippen LogP contribution in [0.25, 0.3) is 0 Å². The number of hydrogen-bond donors (Lipinski definition) is 2. The molecular formula is C16H38O4P2. The predicted molar refractivity (Wildman–Crippen MR) is 99.1 cm³/mol. The molecule has 0 aliphatic carbocycles. The summed E-state index contributed by atoms with van der Waals surface area (Å²) >= 11 is 0. The van der Waals surface area contributed by atoms with Crippen molar-refractivity contribution in [1.82, 2.24) is 0 Å². The maximum absolute atomic E-state index is 11.8. The molecule has 0 fully saturated rings. The Kier molecular flexibility index (Phi) is 10.7. The minimum atomic E-state index is -4.46. The fourth-order valence-electron chi connectivity index (χ4n) is 3.37. The van der Waals surface area contributed by atoms with Gasteiger partial charge in [0.1, 0.15) is 0 Å². The van der Waals surface area contributed by atoms with E-state index in [-0.39, 0.29) is 0 Å². The molecule has 0 aliphatic rings. The van der Waals surface area contributed by atoms with E-state index in [2.05, 4.69) is 27.7 Å². The first-order valence-corrected chi connectivity index (χ1v) is 13.5. The summed E-state index contributed by atoms with van der Waals surface area (Å²) < 4.78 is 17.6. The summed E-state index contributed by atoms with van der Waals surface area (Å²) in [5, 5.41) is 0. The monoisotopic (exact) mass is 356 g/mol. The van der Waals surface area contributed by atoms with Crippen LogP contribution in [0.1, 0.15) is 79.1 Å². The SMILES string of the molecule is CCCCP(CCCC)(CCCC)(CCCC)OP(=O)(O)O. The van der Waals surface area contributed by atoms with E-state index in [1.807, 2.05) is 0 Å². The van der Waals surface area contributed by atoms with Gasteiger partial charge >= 0.3 is 137 Å². The average molecular weight is 356 g/mol. The van der Waals surface area contributed by atoms with Crippen LogP contribution < -0.4 is 0 Å². The first kappa shape index (κ1) is 22.5. The Bertz CT molecular complexity index is 298. The van der Waals surface area contributed by atoms with Crippen molar-refractivity contribution in [3.63, 3.8) is 0 Å². The molecule has 0 radical (unpaired) electrons. The van der Waals surface area contributed by atoms with Crippen LogP contribution in [0.5, 0.6) is 0 Å². The van der Waals surface area contributed by atoms with Crippen molar-refractivity contribution >= 4 is 14.7 Å². The second-order valence-corrected chi connectivity index (χ2v) is 13.9. The molecule has 0 unspecified atom stereocenters. The Morgan fingerprint density at radius 2 is 1.00 bits per heavy atom. The van der Waals surface area contributed by atoms with Crippen LogP contribution in [0.3, 0.4) is 0 Å². The van der Waals surface area contributed by atoms with E-state index in [1.54, 1.807) is 0 Å². The van der Waals surface area contributed by atoms with Crippen LogP contribution >= 0.6 is 14.7 Å². The minimum absolute atomic E-state index is 0.882. The van der Waals surface area contributed by atoms with Crippen molar-refractivity contribution in [2.24, 2.45) is 0 Å². The van der Waals surface area contributed by atoms with Crippen LogP contribution in [-0.2, 0) is 8.88 Å². The number of hydrogen-bond acceptors (Lipinski definition) is 2. The normalized spacial score (nSPS) is 14.7. The van der Waals surface area contributed by atoms with Gasteiger partial charge in [-0.2, -0.15) is 0 Å². The molecule has 2 N–H and O–H groups in total. The molecule has 136 valence electrons. The van der Waals surface area contributed by atoms with Gasteiger partial charge < -0.3 is 0 Å². The number of unbranched alkanes of at least 4 members (excludes halogenated alkanes) is 4. The Balaban J connectivity index is 5.70. The molecule has 0 heterocycles. The average Bonchev–Trinajstić information content (AvgIpc) is 2.46. The van der Waals surface area contributed by atoms with Gasteiger partial charge in [-0.1, -0.05) is 0 Å². The summed E-state index contributed by atoms with van der Waals surface area (Å²) in [6.45, 7) is 5.74. The van der Waals surface area contributed by atoms with Crippen molar-refractivity contribution in [3.8, 4) is 0 Å². The Morgan fingerprint density at radius 1 is 0.727 bits per heavy atom. The summed E-state index contributed by atoms with van der Waals surface area (Å²) in [5.74, 6) is 0. The van der Waals surface area contributed by atoms with Crippen molar-refractivity contribution in [1.29, 1.82) is 0 Å². The van der Waals surface area contributed by atoms with Crippen LogP contribution in [0.2, 0.25) is 0 Å². The summed E-state index contributed by atoms with van der Waals surface area (Å²) in [5.41, 5.74) is 0. The Morgan fingerprint density at radius 3 is 1.18 bits per heavy atom. The van der Waals surface area contributed by atoms with Crippen molar-refractivity contribution in [2.45, 2.75) is 79.1 Å². The van der Waals surface area contributed by atoms with Crippen molar-refractivity contribution < 1.29 is 18.7 Å². The van der Waals surface area contributed by atoms with Crippen molar-refractivity contribution in [2.75, 3.05) is 24.6 Å².